The summed E-state index contributed by atoms with van der Waals surface area (Å²) >= 11 is 1.27. The smallest absolute Gasteiger partial charge is 0.313 e. The van der Waals surface area contributed by atoms with E-state index in [0.717, 1.165) is 30.4 Å². The minimum atomic E-state index is -0.811. The van der Waals surface area contributed by atoms with E-state index in [4.69, 9.17) is 5.11 Å². The molecular weight excluding hydrogens is 274 g/mol. The molecule has 1 aromatic rings. The number of aromatic nitrogens is 3. The maximum atomic E-state index is 10.7. The van der Waals surface area contributed by atoms with E-state index in [1.54, 1.807) is 0 Å². The fourth-order valence-electron chi connectivity index (χ4n) is 3.06. The molecule has 1 fully saturated rings. The number of aryl methyl sites for hydroxylation is 1. The predicted molar refractivity (Wildman–Crippen MR) is 79.0 cm³/mol. The van der Waals surface area contributed by atoms with Crippen LogP contribution in [0.2, 0.25) is 0 Å². The van der Waals surface area contributed by atoms with E-state index in [1.807, 2.05) is 0 Å². The lowest BCUT2D eigenvalue weighted by Gasteiger charge is -2.29. The van der Waals surface area contributed by atoms with Gasteiger partial charge in [0.1, 0.15) is 5.82 Å². The second-order valence-electron chi connectivity index (χ2n) is 5.58. The molecule has 5 nitrogen and oxygen atoms in total. The van der Waals surface area contributed by atoms with Gasteiger partial charge in [-0.3, -0.25) is 4.79 Å². The van der Waals surface area contributed by atoms with Gasteiger partial charge in [-0.1, -0.05) is 38.5 Å². The summed E-state index contributed by atoms with van der Waals surface area (Å²) in [6.45, 7) is 5.26. The highest BCUT2D eigenvalue weighted by Crippen LogP contribution is 2.43. The maximum absolute atomic E-state index is 10.7. The van der Waals surface area contributed by atoms with Gasteiger partial charge in [0.25, 0.3) is 0 Å². The highest BCUT2D eigenvalue weighted by Gasteiger charge is 2.33. The fraction of sp³-hybridized carbons (Fsp3) is 0.786. The molecule has 1 aliphatic rings. The van der Waals surface area contributed by atoms with Crippen LogP contribution in [0, 0.1) is 5.41 Å². The highest BCUT2D eigenvalue weighted by atomic mass is 32.2. The van der Waals surface area contributed by atoms with Crippen LogP contribution in [0.3, 0.4) is 0 Å². The van der Waals surface area contributed by atoms with Crippen molar-refractivity contribution in [3.63, 3.8) is 0 Å². The molecule has 0 aliphatic heterocycles. The van der Waals surface area contributed by atoms with Crippen molar-refractivity contribution in [1.29, 1.82) is 0 Å². The van der Waals surface area contributed by atoms with Crippen LogP contribution in [0.5, 0.6) is 0 Å². The molecule has 0 unspecified atom stereocenters. The van der Waals surface area contributed by atoms with Crippen molar-refractivity contribution in [3.05, 3.63) is 5.82 Å². The summed E-state index contributed by atoms with van der Waals surface area (Å²) in [5.41, 5.74) is 0.352. The van der Waals surface area contributed by atoms with Gasteiger partial charge in [-0.05, 0) is 24.7 Å². The molecule has 1 aliphatic carbocycles. The molecule has 0 bridgehead atoms. The number of carbonyl (C=O) groups is 1. The van der Waals surface area contributed by atoms with Crippen LogP contribution in [-0.2, 0) is 17.8 Å². The standard InChI is InChI=1S/C14H23N3O2S/c1-3-11-15-16-13(20-9-12(18)19)17(11)10-14(4-2)7-5-6-8-14/h3-10H2,1-2H3,(H,18,19). The van der Waals surface area contributed by atoms with Gasteiger partial charge in [0, 0.05) is 13.0 Å². The Bertz CT molecular complexity index is 467. The average molecular weight is 297 g/mol. The van der Waals surface area contributed by atoms with E-state index < -0.39 is 5.97 Å². The molecule has 1 saturated carbocycles. The Kier molecular flexibility index (Phi) is 5.07. The summed E-state index contributed by atoms with van der Waals surface area (Å²) in [6.07, 6.45) is 7.11. The third-order valence-electron chi connectivity index (χ3n) is 4.34. The lowest BCUT2D eigenvalue weighted by molar-refractivity contribution is -0.133. The highest BCUT2D eigenvalue weighted by molar-refractivity contribution is 7.99. The van der Waals surface area contributed by atoms with E-state index in [1.165, 1.54) is 37.4 Å². The van der Waals surface area contributed by atoms with Gasteiger partial charge in [-0.2, -0.15) is 0 Å². The fourth-order valence-corrected chi connectivity index (χ4v) is 3.73. The molecule has 2 rings (SSSR count). The van der Waals surface area contributed by atoms with Crippen LogP contribution in [0.25, 0.3) is 0 Å². The molecule has 1 heterocycles. The third-order valence-corrected chi connectivity index (χ3v) is 5.29. The summed E-state index contributed by atoms with van der Waals surface area (Å²) in [5, 5.41) is 18.0. The normalized spacial score (nSPS) is 17.5. The first-order chi connectivity index (χ1) is 9.60. The van der Waals surface area contributed by atoms with Crippen molar-refractivity contribution in [2.45, 2.75) is 64.1 Å². The second kappa shape index (κ2) is 6.61. The molecule has 6 heteroatoms. The van der Waals surface area contributed by atoms with Crippen molar-refractivity contribution < 1.29 is 9.90 Å². The van der Waals surface area contributed by atoms with Crippen LogP contribution in [-0.4, -0.2) is 31.6 Å². The molecule has 0 aromatic carbocycles. The van der Waals surface area contributed by atoms with Crippen molar-refractivity contribution in [3.8, 4) is 0 Å². The first-order valence-corrected chi connectivity index (χ1v) is 8.35. The minimum absolute atomic E-state index is 0.0426. The molecule has 1 aromatic heterocycles. The summed E-state index contributed by atoms with van der Waals surface area (Å²) < 4.78 is 2.16. The van der Waals surface area contributed by atoms with Gasteiger partial charge in [-0.15, -0.1) is 10.2 Å². The van der Waals surface area contributed by atoms with E-state index in [0.29, 0.717) is 5.41 Å². The maximum Gasteiger partial charge on any atom is 0.313 e. The minimum Gasteiger partial charge on any atom is -0.481 e. The van der Waals surface area contributed by atoms with Gasteiger partial charge >= 0.3 is 5.97 Å². The van der Waals surface area contributed by atoms with Crippen molar-refractivity contribution in [2.24, 2.45) is 5.41 Å². The number of nitrogens with zero attached hydrogens (tertiary/aromatic N) is 3. The molecule has 1 N–H and O–H groups in total. The molecule has 0 radical (unpaired) electrons. The van der Waals surface area contributed by atoms with E-state index >= 15 is 0 Å². The molecule has 0 amide bonds. The summed E-state index contributed by atoms with van der Waals surface area (Å²) in [5.74, 6) is 0.201. The van der Waals surface area contributed by atoms with Crippen molar-refractivity contribution in [1.82, 2.24) is 14.8 Å². The van der Waals surface area contributed by atoms with Crippen LogP contribution in [0.15, 0.2) is 5.16 Å². The number of aliphatic carboxylic acids is 1. The van der Waals surface area contributed by atoms with E-state index in [-0.39, 0.29) is 5.75 Å². The number of rotatable bonds is 7. The molecule has 112 valence electrons. The van der Waals surface area contributed by atoms with Gasteiger partial charge < -0.3 is 9.67 Å². The van der Waals surface area contributed by atoms with E-state index in [2.05, 4.69) is 28.6 Å². The lowest BCUT2D eigenvalue weighted by atomic mass is 9.83. The Morgan fingerprint density at radius 2 is 2.05 bits per heavy atom. The van der Waals surface area contributed by atoms with E-state index in [9.17, 15) is 4.79 Å². The van der Waals surface area contributed by atoms with Gasteiger partial charge in [0.05, 0.1) is 5.75 Å². The molecule has 20 heavy (non-hydrogen) atoms. The lowest BCUT2D eigenvalue weighted by Crippen LogP contribution is -2.24. The zero-order valence-electron chi connectivity index (χ0n) is 12.3. The molecule has 0 atom stereocenters. The first-order valence-electron chi connectivity index (χ1n) is 7.37. The summed E-state index contributed by atoms with van der Waals surface area (Å²) in [6, 6.07) is 0. The average Bonchev–Trinajstić information content (AvgIpc) is 3.04. The largest absolute Gasteiger partial charge is 0.481 e. The monoisotopic (exact) mass is 297 g/mol. The number of thioether (sulfide) groups is 1. The Balaban J connectivity index is 2.19. The Morgan fingerprint density at radius 1 is 1.35 bits per heavy atom. The predicted octanol–water partition coefficient (Wildman–Crippen LogP) is 2.99. The van der Waals surface area contributed by atoms with Gasteiger partial charge in [-0.25, -0.2) is 0 Å². The van der Waals surface area contributed by atoms with Gasteiger partial charge in [0.15, 0.2) is 5.16 Å². The van der Waals surface area contributed by atoms with Crippen LogP contribution >= 0.6 is 11.8 Å². The SMILES string of the molecule is CCc1nnc(SCC(=O)O)n1CC1(CC)CCCC1. The Labute approximate surface area is 124 Å². The molecular formula is C14H23N3O2S. The second-order valence-corrected chi connectivity index (χ2v) is 6.52. The number of hydrogen-bond donors (Lipinski definition) is 1. The number of carboxylic acid groups (broad SMARTS) is 1. The summed E-state index contributed by atoms with van der Waals surface area (Å²) in [7, 11) is 0. The molecule has 0 saturated heterocycles. The van der Waals surface area contributed by atoms with Crippen LogP contribution in [0.4, 0.5) is 0 Å². The summed E-state index contributed by atoms with van der Waals surface area (Å²) in [4.78, 5) is 10.7. The van der Waals surface area contributed by atoms with Gasteiger partial charge in [0.2, 0.25) is 0 Å². The first kappa shape index (κ1) is 15.4. The quantitative estimate of drug-likeness (QED) is 0.784. The van der Waals surface area contributed by atoms with Crippen LogP contribution in [0.1, 0.15) is 51.8 Å². The Hall–Kier alpha value is -1.04. The topological polar surface area (TPSA) is 68.0 Å². The number of carboxylic acids is 1. The molecule has 0 spiro atoms. The zero-order chi connectivity index (χ0) is 14.6. The zero-order valence-corrected chi connectivity index (χ0v) is 13.1. The number of hydrogen-bond acceptors (Lipinski definition) is 4. The Morgan fingerprint density at radius 3 is 2.60 bits per heavy atom. The van der Waals surface area contributed by atoms with Crippen molar-refractivity contribution >= 4 is 17.7 Å². The third kappa shape index (κ3) is 3.34. The van der Waals surface area contributed by atoms with Crippen molar-refractivity contribution in [2.75, 3.05) is 5.75 Å². The van der Waals surface area contributed by atoms with Crippen LogP contribution < -0.4 is 0 Å².